The maximum absolute atomic E-state index is 8.94. The van der Waals surface area contributed by atoms with Crippen molar-refractivity contribution < 1.29 is 16.0 Å². The van der Waals surface area contributed by atoms with Gasteiger partial charge in [0.2, 0.25) is 0 Å². The van der Waals surface area contributed by atoms with E-state index < -0.39 is 14.5 Å². The summed E-state index contributed by atoms with van der Waals surface area (Å²) in [6.07, 6.45) is 0. The minimum absolute atomic E-state index is 0. The Kier molecular flexibility index (Phi) is 3.94. The predicted octanol–water partition coefficient (Wildman–Crippen LogP) is -2.55. The second-order valence-electron chi connectivity index (χ2n) is 0.513. The Bertz CT molecular complexity index is 53.7. The molecule has 6 heteroatoms. The summed E-state index contributed by atoms with van der Waals surface area (Å²) in [6, 6.07) is 0. The molecular formula is H3AsBO4. The largest absolute Gasteiger partial charge is 0 e. The van der Waals surface area contributed by atoms with E-state index in [1.165, 1.54) is 0 Å². The molecule has 3 radical (unpaired) electrons. The molecule has 6 heavy (non-hydrogen) atoms. The zero-order chi connectivity index (χ0) is 4.50. The van der Waals surface area contributed by atoms with Crippen LogP contribution in [0.15, 0.2) is 0 Å². The molecule has 0 atom stereocenters. The van der Waals surface area contributed by atoms with Gasteiger partial charge in [-0.15, -0.1) is 0 Å². The van der Waals surface area contributed by atoms with Crippen molar-refractivity contribution >= 4 is 22.9 Å². The first kappa shape index (κ1) is 9.57. The van der Waals surface area contributed by atoms with Gasteiger partial charge < -0.3 is 0 Å². The van der Waals surface area contributed by atoms with Crippen LogP contribution >= 0.6 is 0 Å². The third-order valence-corrected chi connectivity index (χ3v) is 0. The van der Waals surface area contributed by atoms with Crippen LogP contribution in [0.3, 0.4) is 0 Å². The quantitative estimate of drug-likeness (QED) is 0.334. The van der Waals surface area contributed by atoms with Crippen LogP contribution in [0, 0.1) is 0 Å². The van der Waals surface area contributed by atoms with Gasteiger partial charge in [-0.25, -0.2) is 0 Å². The van der Waals surface area contributed by atoms with E-state index in [2.05, 4.69) is 0 Å². The van der Waals surface area contributed by atoms with Crippen LogP contribution in [0.4, 0.5) is 0 Å². The van der Waals surface area contributed by atoms with Crippen molar-refractivity contribution in [3.05, 3.63) is 0 Å². The number of hydrogen-bond donors (Lipinski definition) is 3. The van der Waals surface area contributed by atoms with Gasteiger partial charge in [0.15, 0.2) is 0 Å². The van der Waals surface area contributed by atoms with E-state index in [0.29, 0.717) is 0 Å². The summed E-state index contributed by atoms with van der Waals surface area (Å²) in [6.45, 7) is 0. The average Bonchev–Trinajstić information content (AvgIpc) is 0.722. The molecule has 0 aliphatic rings. The molecule has 0 aromatic rings. The Morgan fingerprint density at radius 2 is 1.17 bits per heavy atom. The fourth-order valence-corrected chi connectivity index (χ4v) is 0. The maximum Gasteiger partial charge on any atom is 0 e. The van der Waals surface area contributed by atoms with Crippen molar-refractivity contribution in [3.8, 4) is 0 Å². The van der Waals surface area contributed by atoms with Crippen LogP contribution in [-0.4, -0.2) is 35.2 Å². The van der Waals surface area contributed by atoms with Crippen LogP contribution in [0.5, 0.6) is 0 Å². The van der Waals surface area contributed by atoms with E-state index in [4.69, 9.17) is 16.0 Å². The predicted molar refractivity (Wildman–Crippen MR) is 18.9 cm³/mol. The monoisotopic (exact) mass is 153 g/mol. The van der Waals surface area contributed by atoms with E-state index in [9.17, 15) is 0 Å². The van der Waals surface area contributed by atoms with Crippen molar-refractivity contribution in [1.29, 1.82) is 0 Å². The van der Waals surface area contributed by atoms with Gasteiger partial charge in [-0.1, -0.05) is 0 Å². The number of hydrogen-bond acceptors (Lipinski definition) is 1. The fourth-order valence-electron chi connectivity index (χ4n) is 0. The van der Waals surface area contributed by atoms with Gasteiger partial charge in [-0.3, -0.25) is 0 Å². The van der Waals surface area contributed by atoms with Gasteiger partial charge in [0.1, 0.15) is 0 Å². The molecule has 0 saturated heterocycles. The summed E-state index contributed by atoms with van der Waals surface area (Å²) in [5, 5.41) is 0. The molecular weight excluding hydrogens is 150 g/mol. The minimum atomic E-state index is -5.12. The molecule has 35 valence electrons. The van der Waals surface area contributed by atoms with Crippen LogP contribution in [0.2, 0.25) is 0 Å². The minimum Gasteiger partial charge on any atom is 0 e. The smallest absolute Gasteiger partial charge is 0 e. The van der Waals surface area contributed by atoms with Crippen LogP contribution in [0.1, 0.15) is 0 Å². The molecule has 4 nitrogen and oxygen atoms in total. The standard InChI is InChI=1S/AsH3O4.B/c2-1(3,4)5;/h(H3,2,3,4,5);. The number of rotatable bonds is 0. The Hall–Kier alpha value is 0.303. The van der Waals surface area contributed by atoms with Gasteiger partial charge in [0, 0.05) is 8.41 Å². The van der Waals surface area contributed by atoms with Crippen molar-refractivity contribution in [1.82, 2.24) is 0 Å². The molecule has 0 spiro atoms. The molecule has 0 fully saturated rings. The Balaban J connectivity index is 0. The Morgan fingerprint density at radius 1 is 1.17 bits per heavy atom. The SMILES string of the molecule is O=[As](O)(O)O.[B]. The summed E-state index contributed by atoms with van der Waals surface area (Å²) in [7, 11) is 0. The van der Waals surface area contributed by atoms with Crippen LogP contribution < -0.4 is 0 Å². The fraction of sp³-hybridized carbons (Fsp3) is 0. The van der Waals surface area contributed by atoms with Crippen LogP contribution in [-0.2, 0) is 3.74 Å². The van der Waals surface area contributed by atoms with Crippen molar-refractivity contribution in [2.75, 3.05) is 0 Å². The van der Waals surface area contributed by atoms with E-state index in [1.54, 1.807) is 0 Å². The summed E-state index contributed by atoms with van der Waals surface area (Å²) in [5.41, 5.74) is 0. The summed E-state index contributed by atoms with van der Waals surface area (Å²) < 4.78 is 30.7. The molecule has 0 bridgehead atoms. The van der Waals surface area contributed by atoms with Crippen molar-refractivity contribution in [2.45, 2.75) is 0 Å². The molecule has 0 heterocycles. The molecule has 0 aromatic heterocycles. The molecule has 0 aliphatic heterocycles. The van der Waals surface area contributed by atoms with Gasteiger partial charge in [-0.2, -0.15) is 0 Å². The van der Waals surface area contributed by atoms with Crippen LogP contribution in [0.25, 0.3) is 0 Å². The zero-order valence-corrected chi connectivity index (χ0v) is 4.65. The maximum atomic E-state index is 8.94. The van der Waals surface area contributed by atoms with Gasteiger partial charge in [0.05, 0.1) is 0 Å². The van der Waals surface area contributed by atoms with Crippen molar-refractivity contribution in [3.63, 3.8) is 0 Å². The Morgan fingerprint density at radius 3 is 1.17 bits per heavy atom. The first-order valence-electron chi connectivity index (χ1n) is 0.783. The van der Waals surface area contributed by atoms with E-state index >= 15 is 0 Å². The summed E-state index contributed by atoms with van der Waals surface area (Å²) >= 11 is -5.12. The topological polar surface area (TPSA) is 77.8 Å². The summed E-state index contributed by atoms with van der Waals surface area (Å²) in [5.74, 6) is 0. The normalized spacial score (nSPS) is 9.83. The molecule has 0 saturated carbocycles. The van der Waals surface area contributed by atoms with E-state index in [0.717, 1.165) is 0 Å². The Labute approximate surface area is 39.7 Å². The summed E-state index contributed by atoms with van der Waals surface area (Å²) in [4.78, 5) is 0. The zero-order valence-electron chi connectivity index (χ0n) is 2.77. The molecule has 0 aromatic carbocycles. The van der Waals surface area contributed by atoms with Gasteiger partial charge in [-0.05, 0) is 0 Å². The first-order valence-corrected chi connectivity index (χ1v) is 4.07. The molecule has 3 N–H and O–H groups in total. The van der Waals surface area contributed by atoms with E-state index in [-0.39, 0.29) is 8.41 Å². The molecule has 0 unspecified atom stereocenters. The molecule has 0 amide bonds. The average molecular weight is 153 g/mol. The third kappa shape index (κ3) is 510. The second-order valence-corrected chi connectivity index (χ2v) is 2.67. The van der Waals surface area contributed by atoms with E-state index in [1.807, 2.05) is 0 Å². The molecule has 0 rings (SSSR count). The van der Waals surface area contributed by atoms with Gasteiger partial charge >= 0.3 is 30.5 Å². The van der Waals surface area contributed by atoms with Crippen molar-refractivity contribution in [2.24, 2.45) is 0 Å². The third-order valence-electron chi connectivity index (χ3n) is 0. The van der Waals surface area contributed by atoms with Gasteiger partial charge in [0.25, 0.3) is 0 Å². The first-order chi connectivity index (χ1) is 2.00. The second kappa shape index (κ2) is 2.47. The molecule has 0 aliphatic carbocycles.